The van der Waals surface area contributed by atoms with E-state index in [4.69, 9.17) is 41.4 Å². The standard InChI is InChI=1S/C20H31N5O15P2S/c1-3-20(35-2)15(31)9(37-19(20)25-7-24-10-16(21)22-6-23-17(10)25)5-36-42(34,43)40-41(32,33)39-18-13(30)11(28)12(29)14(38-18)8(27)4-26/h3,6-9,11-15,18-19,26-31H,1,4-5H2,2H3,(H,32,33)(H,34,43)(H2,21,22,23)/t8-,9+,11?,12?,13?,14?,15+,18?,19+,20+,42?/m0/s1. The minimum Gasteiger partial charge on any atom is -0.394 e. The molecule has 2 aliphatic heterocycles. The number of phosphoric ester groups is 1. The van der Waals surface area contributed by atoms with Crippen molar-refractivity contribution in [3.05, 3.63) is 25.3 Å². The number of hydrogen-bond acceptors (Lipinski definition) is 18. The van der Waals surface area contributed by atoms with E-state index >= 15 is 0 Å². The van der Waals surface area contributed by atoms with Crippen LogP contribution in [0.2, 0.25) is 0 Å². The zero-order chi connectivity index (χ0) is 31.9. The minimum absolute atomic E-state index is 0.0782. The van der Waals surface area contributed by atoms with E-state index < -0.39 is 88.6 Å². The molecule has 4 rings (SSSR count). The predicted molar refractivity (Wildman–Crippen MR) is 144 cm³/mol. The zero-order valence-electron chi connectivity index (χ0n) is 22.2. The third-order valence-electron chi connectivity index (χ3n) is 6.83. The van der Waals surface area contributed by atoms with E-state index in [-0.39, 0.29) is 17.0 Å². The minimum atomic E-state index is -5.46. The number of nitrogens with two attached hydrogens (primary N) is 1. The van der Waals surface area contributed by atoms with Gasteiger partial charge < -0.3 is 64.9 Å². The highest BCUT2D eigenvalue weighted by atomic mass is 32.5. The number of aliphatic hydroxyl groups is 6. The summed E-state index contributed by atoms with van der Waals surface area (Å²) in [6.07, 6.45) is -12.1. The van der Waals surface area contributed by atoms with Gasteiger partial charge in [-0.05, 0) is 11.8 Å². The first-order valence-electron chi connectivity index (χ1n) is 12.2. The number of ether oxygens (including phenoxy) is 3. The number of phosphoric acid groups is 1. The van der Waals surface area contributed by atoms with Crippen molar-refractivity contribution in [3.8, 4) is 0 Å². The van der Waals surface area contributed by atoms with Gasteiger partial charge in [-0.2, -0.15) is 0 Å². The second kappa shape index (κ2) is 13.0. The Morgan fingerprint density at radius 1 is 1.21 bits per heavy atom. The molecule has 43 heavy (non-hydrogen) atoms. The van der Waals surface area contributed by atoms with E-state index in [9.17, 15) is 39.9 Å². The van der Waals surface area contributed by atoms with Crippen LogP contribution in [-0.4, -0.2) is 135 Å². The van der Waals surface area contributed by atoms with Crippen molar-refractivity contribution in [2.24, 2.45) is 0 Å². The predicted octanol–water partition coefficient (Wildman–Crippen LogP) is -3.23. The molecule has 7 unspecified atom stereocenters. The van der Waals surface area contributed by atoms with E-state index in [1.54, 1.807) is 0 Å². The SMILES string of the molecule is C=C[C@@]1(OC)[C@H](O)[C@@H](COP(O)(=S)OP(=O)(O)OC2OC([C@@H](O)CO)C(O)C(O)C2O)O[C@H]1n1cnc2c(N)ncnc21. The summed E-state index contributed by atoms with van der Waals surface area (Å²) in [5.74, 6) is 0.0782. The Hall–Kier alpha value is -1.59. The highest BCUT2D eigenvalue weighted by molar-refractivity contribution is 8.08. The van der Waals surface area contributed by atoms with Gasteiger partial charge in [-0.25, -0.2) is 23.8 Å². The van der Waals surface area contributed by atoms with Gasteiger partial charge in [-0.15, -0.1) is 0 Å². The monoisotopic (exact) mass is 675 g/mol. The van der Waals surface area contributed by atoms with Gasteiger partial charge in [0, 0.05) is 7.11 Å². The lowest BCUT2D eigenvalue weighted by atomic mass is 9.94. The van der Waals surface area contributed by atoms with Crippen LogP contribution in [0.5, 0.6) is 0 Å². The average Bonchev–Trinajstić information content (AvgIpc) is 3.50. The molecule has 2 fully saturated rings. The van der Waals surface area contributed by atoms with E-state index in [0.29, 0.717) is 0 Å². The molecule has 2 aliphatic rings. The first-order valence-corrected chi connectivity index (χ1v) is 16.3. The van der Waals surface area contributed by atoms with Gasteiger partial charge in [0.2, 0.25) is 0 Å². The number of methoxy groups -OCH3 is 1. The molecule has 10 N–H and O–H groups in total. The van der Waals surface area contributed by atoms with Gasteiger partial charge in [-0.1, -0.05) is 12.7 Å². The number of fused-ring (bicyclic) bond motifs is 1. The van der Waals surface area contributed by atoms with Gasteiger partial charge in [0.1, 0.15) is 54.6 Å². The Balaban J connectivity index is 1.46. The topological polar surface area (TPSA) is 304 Å². The Labute approximate surface area is 247 Å². The van der Waals surface area contributed by atoms with E-state index in [2.05, 4.69) is 30.4 Å². The molecule has 0 bridgehead atoms. The number of nitrogens with zero attached hydrogens (tertiary/aromatic N) is 4. The van der Waals surface area contributed by atoms with E-state index in [1.165, 1.54) is 30.4 Å². The van der Waals surface area contributed by atoms with Crippen LogP contribution in [0, 0.1) is 0 Å². The molecule has 23 heteroatoms. The summed E-state index contributed by atoms with van der Waals surface area (Å²) >= 11 is 4.80. The second-order valence-corrected chi connectivity index (χ2v) is 13.8. The van der Waals surface area contributed by atoms with Crippen LogP contribution in [0.25, 0.3) is 11.2 Å². The van der Waals surface area contributed by atoms with Gasteiger partial charge in [0.15, 0.2) is 29.6 Å². The molecular formula is C20H31N5O15P2S. The molecule has 0 amide bonds. The molecule has 242 valence electrons. The lowest BCUT2D eigenvalue weighted by Crippen LogP contribution is -2.61. The van der Waals surface area contributed by atoms with Crippen LogP contribution in [-0.2, 0) is 43.9 Å². The molecule has 0 saturated carbocycles. The van der Waals surface area contributed by atoms with Crippen LogP contribution >= 0.6 is 14.5 Å². The van der Waals surface area contributed by atoms with Gasteiger partial charge in [0.25, 0.3) is 0 Å². The fourth-order valence-electron chi connectivity index (χ4n) is 4.62. The molecule has 2 saturated heterocycles. The quantitative estimate of drug-likeness (QED) is 0.0789. The summed E-state index contributed by atoms with van der Waals surface area (Å²) in [6, 6.07) is 0. The molecule has 2 aromatic heterocycles. The van der Waals surface area contributed by atoms with Crippen LogP contribution in [0.1, 0.15) is 6.23 Å². The lowest BCUT2D eigenvalue weighted by molar-refractivity contribution is -0.292. The molecule has 20 nitrogen and oxygen atoms in total. The van der Waals surface area contributed by atoms with E-state index in [0.717, 1.165) is 0 Å². The first kappa shape index (κ1) is 34.3. The Kier molecular flexibility index (Phi) is 10.4. The molecule has 0 spiro atoms. The second-order valence-electron chi connectivity index (χ2n) is 9.43. The normalized spacial score (nSPS) is 36.7. The molecule has 0 aliphatic carbocycles. The first-order chi connectivity index (χ1) is 20.1. The van der Waals surface area contributed by atoms with Crippen LogP contribution in [0.3, 0.4) is 0 Å². The maximum absolute atomic E-state index is 12.6. The summed E-state index contributed by atoms with van der Waals surface area (Å²) in [4.78, 5) is 32.8. The number of anilines is 1. The van der Waals surface area contributed by atoms with Crippen molar-refractivity contribution in [2.45, 2.75) is 60.8 Å². The van der Waals surface area contributed by atoms with Crippen molar-refractivity contribution in [3.63, 3.8) is 0 Å². The van der Waals surface area contributed by atoms with Crippen molar-refractivity contribution >= 4 is 43.3 Å². The summed E-state index contributed by atoms with van der Waals surface area (Å²) in [5.41, 5.74) is 4.67. The third kappa shape index (κ3) is 6.69. The van der Waals surface area contributed by atoms with Gasteiger partial charge in [0.05, 0.1) is 19.5 Å². The number of hydrogen-bond donors (Lipinski definition) is 9. The highest BCUT2D eigenvalue weighted by Gasteiger charge is 2.57. The third-order valence-corrected chi connectivity index (χ3v) is 10.4. The molecule has 0 radical (unpaired) electrons. The lowest BCUT2D eigenvalue weighted by Gasteiger charge is -2.41. The smallest absolute Gasteiger partial charge is 0.394 e. The average molecular weight is 676 g/mol. The molecular weight excluding hydrogens is 644 g/mol. The highest BCUT2D eigenvalue weighted by Crippen LogP contribution is 2.62. The fourth-order valence-corrected chi connectivity index (χ4v) is 7.72. The van der Waals surface area contributed by atoms with Crippen molar-refractivity contribution < 1.29 is 72.6 Å². The zero-order valence-corrected chi connectivity index (χ0v) is 24.8. The number of aliphatic hydroxyl groups excluding tert-OH is 6. The largest absolute Gasteiger partial charge is 0.481 e. The van der Waals surface area contributed by atoms with Gasteiger partial charge >= 0.3 is 14.5 Å². The number of aromatic nitrogens is 4. The maximum atomic E-state index is 12.6. The maximum Gasteiger partial charge on any atom is 0.481 e. The van der Waals surface area contributed by atoms with Crippen molar-refractivity contribution in [1.82, 2.24) is 19.5 Å². The van der Waals surface area contributed by atoms with Gasteiger partial charge in [-0.3, -0.25) is 9.09 Å². The Bertz CT molecular complexity index is 1410. The van der Waals surface area contributed by atoms with Crippen LogP contribution in [0.15, 0.2) is 25.3 Å². The Morgan fingerprint density at radius 3 is 2.53 bits per heavy atom. The van der Waals surface area contributed by atoms with Crippen molar-refractivity contribution in [1.29, 1.82) is 0 Å². The van der Waals surface area contributed by atoms with Crippen LogP contribution in [0.4, 0.5) is 5.82 Å². The Morgan fingerprint density at radius 2 is 1.91 bits per heavy atom. The summed E-state index contributed by atoms with van der Waals surface area (Å²) in [7, 11) is -4.19. The number of nitrogen functional groups attached to an aromatic ring is 1. The fraction of sp³-hybridized carbons (Fsp3) is 0.650. The number of rotatable bonds is 12. The molecule has 2 aromatic rings. The summed E-state index contributed by atoms with van der Waals surface area (Å²) < 4.78 is 45.0. The molecule has 4 heterocycles. The van der Waals surface area contributed by atoms with Crippen molar-refractivity contribution in [2.75, 3.05) is 26.1 Å². The van der Waals surface area contributed by atoms with Crippen LogP contribution < -0.4 is 5.73 Å². The molecule has 12 atom stereocenters. The molecule has 0 aromatic carbocycles. The van der Waals surface area contributed by atoms with E-state index in [1.807, 2.05) is 0 Å². The summed E-state index contributed by atoms with van der Waals surface area (Å²) in [6.45, 7) is -2.65. The number of imidazole rings is 1. The summed E-state index contributed by atoms with van der Waals surface area (Å²) in [5, 5.41) is 60.1.